The van der Waals surface area contributed by atoms with Crippen LogP contribution in [0.2, 0.25) is 0 Å². The Hall–Kier alpha value is -1.78. The Kier molecular flexibility index (Phi) is 5.14. The predicted octanol–water partition coefficient (Wildman–Crippen LogP) is 3.40. The Morgan fingerprint density at radius 1 is 1.05 bits per heavy atom. The van der Waals surface area contributed by atoms with Crippen LogP contribution < -0.4 is 0 Å². The number of halogens is 1. The molecule has 0 amide bonds. The molecule has 0 aliphatic carbocycles. The Labute approximate surface area is 130 Å². The highest BCUT2D eigenvalue weighted by Crippen LogP contribution is 2.17. The molecule has 0 spiro atoms. The third-order valence-electron chi connectivity index (χ3n) is 3.96. The molecule has 0 bridgehead atoms. The second-order valence-electron chi connectivity index (χ2n) is 5.79. The third kappa shape index (κ3) is 4.36. The number of ether oxygens (including phenoxy) is 1. The maximum atomic E-state index is 13.1. The largest absolute Gasteiger partial charge is 0.377 e. The fourth-order valence-electron chi connectivity index (χ4n) is 2.86. The maximum absolute atomic E-state index is 13.1. The van der Waals surface area contributed by atoms with Gasteiger partial charge >= 0.3 is 0 Å². The van der Waals surface area contributed by atoms with Crippen LogP contribution in [-0.2, 0) is 17.8 Å². The van der Waals surface area contributed by atoms with Crippen molar-refractivity contribution < 1.29 is 9.13 Å². The minimum Gasteiger partial charge on any atom is -0.377 e. The van der Waals surface area contributed by atoms with Gasteiger partial charge in [0, 0.05) is 38.6 Å². The molecule has 0 radical (unpaired) electrons. The van der Waals surface area contributed by atoms with Crippen LogP contribution in [0, 0.1) is 5.82 Å². The van der Waals surface area contributed by atoms with Crippen molar-refractivity contribution in [2.45, 2.75) is 32.0 Å². The first kappa shape index (κ1) is 15.1. The summed E-state index contributed by atoms with van der Waals surface area (Å²) in [4.78, 5) is 6.42. The average Bonchev–Trinajstić information content (AvgIpc) is 3.03. The van der Waals surface area contributed by atoms with Gasteiger partial charge in [-0.25, -0.2) is 4.39 Å². The number of nitrogens with zero attached hydrogens (tertiary/aromatic N) is 2. The summed E-state index contributed by atoms with van der Waals surface area (Å²) in [7, 11) is 0. The van der Waals surface area contributed by atoms with E-state index in [2.05, 4.69) is 9.88 Å². The smallest absolute Gasteiger partial charge is 0.123 e. The minimum atomic E-state index is -0.191. The molecule has 1 aliphatic rings. The van der Waals surface area contributed by atoms with Crippen molar-refractivity contribution in [3.63, 3.8) is 0 Å². The van der Waals surface area contributed by atoms with E-state index >= 15 is 0 Å². The zero-order valence-corrected chi connectivity index (χ0v) is 12.6. The Balaban J connectivity index is 1.68. The lowest BCUT2D eigenvalue weighted by Crippen LogP contribution is -2.31. The van der Waals surface area contributed by atoms with Crippen LogP contribution in [0.25, 0.3) is 0 Å². The first-order valence-electron chi connectivity index (χ1n) is 7.77. The van der Waals surface area contributed by atoms with Gasteiger partial charge in [-0.2, -0.15) is 0 Å². The van der Waals surface area contributed by atoms with E-state index in [-0.39, 0.29) is 5.82 Å². The van der Waals surface area contributed by atoms with Crippen LogP contribution in [0.1, 0.15) is 24.0 Å². The van der Waals surface area contributed by atoms with E-state index < -0.39 is 0 Å². The van der Waals surface area contributed by atoms with E-state index in [1.54, 1.807) is 0 Å². The van der Waals surface area contributed by atoms with Crippen molar-refractivity contribution in [3.05, 3.63) is 65.7 Å². The van der Waals surface area contributed by atoms with Gasteiger partial charge in [-0.05, 0) is 48.2 Å². The summed E-state index contributed by atoms with van der Waals surface area (Å²) >= 11 is 0. The zero-order chi connectivity index (χ0) is 15.2. The molecule has 2 heterocycles. The first-order valence-corrected chi connectivity index (χ1v) is 7.77. The van der Waals surface area contributed by atoms with Crippen molar-refractivity contribution in [2.24, 2.45) is 0 Å². The Bertz CT molecular complexity index is 567. The summed E-state index contributed by atoms with van der Waals surface area (Å²) in [5, 5.41) is 0. The fourth-order valence-corrected chi connectivity index (χ4v) is 2.86. The molecule has 1 aliphatic heterocycles. The van der Waals surface area contributed by atoms with E-state index in [0.29, 0.717) is 6.10 Å². The van der Waals surface area contributed by atoms with Gasteiger partial charge in [0.2, 0.25) is 0 Å². The molecule has 0 unspecified atom stereocenters. The van der Waals surface area contributed by atoms with Crippen LogP contribution in [0.15, 0.2) is 48.8 Å². The van der Waals surface area contributed by atoms with Gasteiger partial charge in [-0.3, -0.25) is 9.88 Å². The number of hydrogen-bond acceptors (Lipinski definition) is 3. The van der Waals surface area contributed by atoms with E-state index in [9.17, 15) is 4.39 Å². The summed E-state index contributed by atoms with van der Waals surface area (Å²) in [6.07, 6.45) is 6.21. The van der Waals surface area contributed by atoms with Crippen molar-refractivity contribution in [1.82, 2.24) is 9.88 Å². The summed E-state index contributed by atoms with van der Waals surface area (Å²) in [6.45, 7) is 3.41. The lowest BCUT2D eigenvalue weighted by atomic mass is 10.1. The SMILES string of the molecule is Fc1ccc(CN(Cc2ccncc2)C[C@H]2CCCO2)cc1. The lowest BCUT2D eigenvalue weighted by molar-refractivity contribution is 0.0679. The fraction of sp³-hybridized carbons (Fsp3) is 0.389. The molecular weight excluding hydrogens is 279 g/mol. The van der Waals surface area contributed by atoms with Gasteiger partial charge in [0.05, 0.1) is 6.10 Å². The molecule has 0 N–H and O–H groups in total. The molecule has 116 valence electrons. The van der Waals surface area contributed by atoms with Gasteiger partial charge in [0.15, 0.2) is 0 Å². The van der Waals surface area contributed by atoms with E-state index in [0.717, 1.165) is 44.6 Å². The number of hydrogen-bond donors (Lipinski definition) is 0. The van der Waals surface area contributed by atoms with E-state index in [1.807, 2.05) is 36.7 Å². The van der Waals surface area contributed by atoms with Gasteiger partial charge in [-0.1, -0.05) is 12.1 Å². The first-order chi connectivity index (χ1) is 10.8. The number of pyridine rings is 1. The van der Waals surface area contributed by atoms with Gasteiger partial charge in [0.25, 0.3) is 0 Å². The number of rotatable bonds is 6. The molecule has 1 saturated heterocycles. The van der Waals surface area contributed by atoms with Crippen LogP contribution in [-0.4, -0.2) is 29.1 Å². The second kappa shape index (κ2) is 7.47. The van der Waals surface area contributed by atoms with Gasteiger partial charge in [-0.15, -0.1) is 0 Å². The van der Waals surface area contributed by atoms with E-state index in [4.69, 9.17) is 4.74 Å². The zero-order valence-electron chi connectivity index (χ0n) is 12.6. The molecule has 3 nitrogen and oxygen atoms in total. The summed E-state index contributed by atoms with van der Waals surface area (Å²) in [5.41, 5.74) is 2.35. The molecule has 1 aromatic heterocycles. The van der Waals surface area contributed by atoms with Crippen molar-refractivity contribution in [1.29, 1.82) is 0 Å². The monoisotopic (exact) mass is 300 g/mol. The van der Waals surface area contributed by atoms with Crippen LogP contribution in [0.3, 0.4) is 0 Å². The Morgan fingerprint density at radius 2 is 1.73 bits per heavy atom. The van der Waals surface area contributed by atoms with Crippen LogP contribution in [0.4, 0.5) is 4.39 Å². The molecule has 22 heavy (non-hydrogen) atoms. The van der Waals surface area contributed by atoms with Crippen molar-refractivity contribution in [3.8, 4) is 0 Å². The molecule has 0 saturated carbocycles. The quantitative estimate of drug-likeness (QED) is 0.817. The minimum absolute atomic E-state index is 0.191. The van der Waals surface area contributed by atoms with Crippen LogP contribution in [0.5, 0.6) is 0 Å². The van der Waals surface area contributed by atoms with E-state index in [1.165, 1.54) is 17.7 Å². The molecule has 1 aromatic carbocycles. The molecular formula is C18H21FN2O. The highest BCUT2D eigenvalue weighted by molar-refractivity contribution is 5.16. The predicted molar refractivity (Wildman–Crippen MR) is 83.7 cm³/mol. The highest BCUT2D eigenvalue weighted by Gasteiger charge is 2.19. The third-order valence-corrected chi connectivity index (χ3v) is 3.96. The highest BCUT2D eigenvalue weighted by atomic mass is 19.1. The van der Waals surface area contributed by atoms with Gasteiger partial charge in [0.1, 0.15) is 5.82 Å². The number of benzene rings is 1. The molecule has 3 rings (SSSR count). The van der Waals surface area contributed by atoms with Gasteiger partial charge < -0.3 is 4.74 Å². The standard InChI is InChI=1S/C18H21FN2O/c19-17-5-3-15(4-6-17)12-21(14-18-2-1-11-22-18)13-16-7-9-20-10-8-16/h3-10,18H,1-2,11-14H2/t18-/m1/s1. The molecule has 2 aromatic rings. The number of aromatic nitrogens is 1. The maximum Gasteiger partial charge on any atom is 0.123 e. The lowest BCUT2D eigenvalue weighted by Gasteiger charge is -2.25. The summed E-state index contributed by atoms with van der Waals surface area (Å²) in [5.74, 6) is -0.191. The van der Waals surface area contributed by atoms with Crippen LogP contribution >= 0.6 is 0 Å². The summed E-state index contributed by atoms with van der Waals surface area (Å²) in [6, 6.07) is 10.8. The summed E-state index contributed by atoms with van der Waals surface area (Å²) < 4.78 is 18.8. The second-order valence-corrected chi connectivity index (χ2v) is 5.79. The molecule has 4 heteroatoms. The van der Waals surface area contributed by atoms with Crippen molar-refractivity contribution >= 4 is 0 Å². The van der Waals surface area contributed by atoms with Crippen molar-refractivity contribution in [2.75, 3.05) is 13.2 Å². The normalized spacial score (nSPS) is 18.0. The topological polar surface area (TPSA) is 25.4 Å². The Morgan fingerprint density at radius 3 is 2.36 bits per heavy atom. The average molecular weight is 300 g/mol. The molecule has 1 atom stereocenters. The molecule has 1 fully saturated rings.